The Hall–Kier alpha value is -2.39. The van der Waals surface area contributed by atoms with Crippen LogP contribution in [0.3, 0.4) is 0 Å². The molecule has 5 nitrogen and oxygen atoms in total. The van der Waals surface area contributed by atoms with Gasteiger partial charge in [0.25, 0.3) is 5.91 Å². The predicted octanol–water partition coefficient (Wildman–Crippen LogP) is 6.97. The van der Waals surface area contributed by atoms with E-state index in [2.05, 4.69) is 43.3 Å². The maximum atomic E-state index is 12.5. The number of fused-ring (bicyclic) bond motifs is 2. The van der Waals surface area contributed by atoms with Crippen LogP contribution in [0.25, 0.3) is 16.2 Å². The first kappa shape index (κ1) is 29.6. The first-order valence-electron chi connectivity index (χ1n) is 10.6. The van der Waals surface area contributed by atoms with E-state index in [1.165, 1.54) is 18.2 Å². The number of carbonyl (C=O) groups excluding carboxylic acids is 1. The molecule has 0 unspecified atom stereocenters. The van der Waals surface area contributed by atoms with Gasteiger partial charge in [0.2, 0.25) is 5.43 Å². The van der Waals surface area contributed by atoms with Gasteiger partial charge in [-0.3, -0.25) is 9.59 Å². The first-order valence-corrected chi connectivity index (χ1v) is 10.6. The maximum absolute atomic E-state index is 12.5. The van der Waals surface area contributed by atoms with E-state index in [-0.39, 0.29) is 44.9 Å². The molecule has 1 amide bonds. The summed E-state index contributed by atoms with van der Waals surface area (Å²) in [7, 11) is 0. The van der Waals surface area contributed by atoms with Crippen LogP contribution >= 0.6 is 0 Å². The number of aromatic amines is 1. The van der Waals surface area contributed by atoms with E-state index >= 15 is 0 Å². The Bertz CT molecular complexity index is 1070. The number of para-hydroxylation sites is 1. The smallest absolute Gasteiger partial charge is 0.683 e. The standard InChI is InChI=1S/C20H18N3O2.C3H8.C2H6.CH3.W/c1-20(2)11-22-17-9-12(7-8-15(17)20)23-19(25)14-10-21-16-6-4-3-5-13(16)18(14)24;1-3-2;1-2;;/h3-10H,11H2,1-2H3,(H2,21,23,24,25);3H2,1-2H3;1-2H3;1H3;/q-1;;;-1;+2. The van der Waals surface area contributed by atoms with E-state index in [4.69, 9.17) is 0 Å². The van der Waals surface area contributed by atoms with Crippen LogP contribution in [-0.4, -0.2) is 17.4 Å². The molecule has 0 spiro atoms. The van der Waals surface area contributed by atoms with Crippen LogP contribution in [0.15, 0.2) is 53.5 Å². The van der Waals surface area contributed by atoms with Crippen molar-refractivity contribution in [3.8, 4) is 0 Å². The molecule has 2 N–H and O–H groups in total. The van der Waals surface area contributed by atoms with Gasteiger partial charge in [0.05, 0.1) is 0 Å². The van der Waals surface area contributed by atoms with Crippen molar-refractivity contribution >= 4 is 28.2 Å². The number of benzene rings is 2. The van der Waals surface area contributed by atoms with Crippen molar-refractivity contribution < 1.29 is 25.9 Å². The summed E-state index contributed by atoms with van der Waals surface area (Å²) in [4.78, 5) is 28.1. The van der Waals surface area contributed by atoms with Crippen molar-refractivity contribution in [1.29, 1.82) is 0 Å². The van der Waals surface area contributed by atoms with Gasteiger partial charge in [-0.1, -0.05) is 77.8 Å². The molecule has 0 fully saturated rings. The Morgan fingerprint density at radius 3 is 2.41 bits per heavy atom. The summed E-state index contributed by atoms with van der Waals surface area (Å²) in [6, 6.07) is 12.8. The minimum Gasteiger partial charge on any atom is -0.683 e. The Kier molecular flexibility index (Phi) is 12.2. The fourth-order valence-electron chi connectivity index (χ4n) is 3.22. The van der Waals surface area contributed by atoms with Crippen molar-refractivity contribution in [2.75, 3.05) is 11.9 Å². The number of rotatable bonds is 2. The number of anilines is 1. The summed E-state index contributed by atoms with van der Waals surface area (Å²) in [5.74, 6) is -0.427. The van der Waals surface area contributed by atoms with Crippen LogP contribution in [0.2, 0.25) is 0 Å². The Morgan fingerprint density at radius 1 is 1.12 bits per heavy atom. The Morgan fingerprint density at radius 2 is 1.75 bits per heavy atom. The molecule has 172 valence electrons. The Labute approximate surface area is 206 Å². The fraction of sp³-hybridized carbons (Fsp3) is 0.346. The number of carbonyl (C=O) groups is 1. The Balaban J connectivity index is 0.00000127. The molecule has 1 aromatic heterocycles. The van der Waals surface area contributed by atoms with Gasteiger partial charge in [-0.05, 0) is 23.6 Å². The van der Waals surface area contributed by atoms with Gasteiger partial charge in [0.1, 0.15) is 5.56 Å². The van der Waals surface area contributed by atoms with Crippen molar-refractivity contribution in [2.24, 2.45) is 0 Å². The van der Waals surface area contributed by atoms with E-state index in [9.17, 15) is 9.59 Å². The second-order valence-electron chi connectivity index (χ2n) is 7.67. The molecule has 0 aliphatic carbocycles. The van der Waals surface area contributed by atoms with E-state index in [0.717, 1.165) is 12.2 Å². The number of nitrogens with zero attached hydrogens (tertiary/aromatic N) is 1. The van der Waals surface area contributed by atoms with Crippen LogP contribution in [0.4, 0.5) is 11.4 Å². The third-order valence-corrected chi connectivity index (χ3v) is 4.66. The number of pyridine rings is 1. The molecule has 32 heavy (non-hydrogen) atoms. The first-order chi connectivity index (χ1) is 14.4. The molecule has 0 atom stereocenters. The van der Waals surface area contributed by atoms with Crippen molar-refractivity contribution in [3.05, 3.63) is 82.8 Å². The molecule has 0 saturated heterocycles. The monoisotopic (exact) mass is 605 g/mol. The zero-order valence-electron chi connectivity index (χ0n) is 20.2. The summed E-state index contributed by atoms with van der Waals surface area (Å²) in [5.41, 5.74) is 3.26. The molecule has 2 aromatic carbocycles. The normalized spacial score (nSPS) is 12.3. The van der Waals surface area contributed by atoms with Gasteiger partial charge in [-0.2, -0.15) is 0 Å². The molecule has 0 radical (unpaired) electrons. The van der Waals surface area contributed by atoms with Gasteiger partial charge in [-0.25, -0.2) is 0 Å². The number of H-pyrrole nitrogens is 1. The molecule has 3 aromatic rings. The molecule has 1 aliphatic heterocycles. The predicted molar refractivity (Wildman–Crippen MR) is 134 cm³/mol. The minimum atomic E-state index is -0.427. The second-order valence-corrected chi connectivity index (χ2v) is 7.67. The van der Waals surface area contributed by atoms with Gasteiger partial charge in [0.15, 0.2) is 0 Å². The number of hydrogen-bond donors (Lipinski definition) is 2. The zero-order valence-corrected chi connectivity index (χ0v) is 23.1. The summed E-state index contributed by atoms with van der Waals surface area (Å²) in [5, 5.41) is 7.83. The zero-order chi connectivity index (χ0) is 22.3. The van der Waals surface area contributed by atoms with E-state index < -0.39 is 5.91 Å². The quantitative estimate of drug-likeness (QED) is 0.310. The van der Waals surface area contributed by atoms with Crippen LogP contribution in [-0.2, 0) is 26.5 Å². The summed E-state index contributed by atoms with van der Waals surface area (Å²) >= 11 is 0. The molecular weight excluding hydrogens is 570 g/mol. The van der Waals surface area contributed by atoms with Crippen molar-refractivity contribution in [1.82, 2.24) is 4.98 Å². The van der Waals surface area contributed by atoms with Crippen LogP contribution in [0.1, 0.15) is 63.9 Å². The average Bonchev–Trinajstić information content (AvgIpc) is 3.04. The molecule has 1 aliphatic rings. The molecule has 6 heteroatoms. The van der Waals surface area contributed by atoms with Crippen molar-refractivity contribution in [2.45, 2.75) is 53.4 Å². The average molecular weight is 605 g/mol. The molecule has 4 rings (SSSR count). The van der Waals surface area contributed by atoms with Crippen LogP contribution in [0, 0.1) is 7.43 Å². The summed E-state index contributed by atoms with van der Waals surface area (Å²) in [6.07, 6.45) is 2.71. The van der Waals surface area contributed by atoms with Crippen LogP contribution in [0.5, 0.6) is 0 Å². The third-order valence-electron chi connectivity index (χ3n) is 4.66. The molecule has 2 heterocycles. The topological polar surface area (TPSA) is 76.1 Å². The SMILES string of the molecule is CC.CC1(C)C[N-]c2cc(NC(=O)c3c[nH]c4ccccc4c3=O)ccc21.CCC.[CH3-].[W+2]. The van der Waals surface area contributed by atoms with Gasteiger partial charge >= 0.3 is 21.1 Å². The second kappa shape index (κ2) is 13.2. The fourth-order valence-corrected chi connectivity index (χ4v) is 3.22. The van der Waals surface area contributed by atoms with Gasteiger partial charge in [-0.15, -0.1) is 12.2 Å². The maximum Gasteiger partial charge on any atom is 2.00 e. The number of nitrogens with one attached hydrogen (secondary N) is 2. The summed E-state index contributed by atoms with van der Waals surface area (Å²) in [6.45, 7) is 13.3. The number of amides is 1. The van der Waals surface area contributed by atoms with E-state index in [0.29, 0.717) is 16.6 Å². The summed E-state index contributed by atoms with van der Waals surface area (Å²) < 4.78 is 0. The molecular formula is C26H35N3O2W. The largest absolute Gasteiger partial charge is 2.00 e. The van der Waals surface area contributed by atoms with Crippen molar-refractivity contribution in [3.63, 3.8) is 0 Å². The molecule has 0 saturated carbocycles. The molecule has 0 bridgehead atoms. The van der Waals surface area contributed by atoms with Gasteiger partial charge in [0, 0.05) is 22.8 Å². The number of hydrogen-bond acceptors (Lipinski definition) is 2. The van der Waals surface area contributed by atoms with Gasteiger partial charge < -0.3 is 23.0 Å². The number of aromatic nitrogens is 1. The minimum absolute atomic E-state index is 0. The van der Waals surface area contributed by atoms with Crippen LogP contribution < -0.4 is 10.7 Å². The third kappa shape index (κ3) is 6.55. The van der Waals surface area contributed by atoms with E-state index in [1.54, 1.807) is 12.1 Å². The van der Waals surface area contributed by atoms with E-state index in [1.807, 2.05) is 44.2 Å².